The van der Waals surface area contributed by atoms with Gasteiger partial charge in [-0.3, -0.25) is 4.79 Å². The van der Waals surface area contributed by atoms with Crippen LogP contribution in [0.3, 0.4) is 0 Å². The van der Waals surface area contributed by atoms with E-state index in [9.17, 15) is 14.7 Å². The second-order valence-electron chi connectivity index (χ2n) is 10.0. The van der Waals surface area contributed by atoms with E-state index in [0.717, 1.165) is 5.56 Å². The molecule has 0 unspecified atom stereocenters. The predicted octanol–water partition coefficient (Wildman–Crippen LogP) is 6.34. The fourth-order valence-corrected chi connectivity index (χ4v) is 4.99. The third kappa shape index (κ3) is 6.83. The number of amides is 1. The molecule has 0 saturated carbocycles. The van der Waals surface area contributed by atoms with Crippen molar-refractivity contribution in [2.24, 2.45) is 10.1 Å². The van der Waals surface area contributed by atoms with Crippen molar-refractivity contribution in [3.63, 3.8) is 0 Å². The molecule has 4 aromatic carbocycles. The van der Waals surface area contributed by atoms with Crippen molar-refractivity contribution in [2.45, 2.75) is 31.0 Å². The van der Waals surface area contributed by atoms with Gasteiger partial charge in [0.2, 0.25) is 5.90 Å². The van der Waals surface area contributed by atoms with Crippen LogP contribution in [0, 0.1) is 5.82 Å². The summed E-state index contributed by atoms with van der Waals surface area (Å²) >= 11 is 0. The van der Waals surface area contributed by atoms with Gasteiger partial charge in [0.1, 0.15) is 11.6 Å². The number of aliphatic hydroxyl groups excluding tert-OH is 1. The van der Waals surface area contributed by atoms with Crippen LogP contribution in [0.15, 0.2) is 113 Å². The third-order valence-electron chi connectivity index (χ3n) is 7.08. The van der Waals surface area contributed by atoms with E-state index in [1.165, 1.54) is 12.1 Å². The van der Waals surface area contributed by atoms with Crippen LogP contribution in [0.1, 0.15) is 34.8 Å². The topological polar surface area (TPSA) is 129 Å². The summed E-state index contributed by atoms with van der Waals surface area (Å²) in [6, 6.07) is 29.5. The molecular weight excluding hydrogens is 549 g/mol. The first-order valence-electron chi connectivity index (χ1n) is 13.8. The van der Waals surface area contributed by atoms with Gasteiger partial charge in [-0.15, -0.1) is 0 Å². The molecule has 0 saturated heterocycles. The normalized spacial score (nSPS) is 17.3. The molecule has 1 aliphatic heterocycles. The highest BCUT2D eigenvalue weighted by molar-refractivity contribution is 6.01. The number of rotatable bonds is 12. The van der Waals surface area contributed by atoms with Gasteiger partial charge < -0.3 is 19.9 Å². The molecule has 5 rings (SSSR count). The minimum atomic E-state index is -1.51. The van der Waals surface area contributed by atoms with Crippen molar-refractivity contribution < 1.29 is 23.8 Å². The minimum Gasteiger partial charge on any atom is -0.494 e. The lowest BCUT2D eigenvalue weighted by Gasteiger charge is -2.31. The van der Waals surface area contributed by atoms with Gasteiger partial charge in [0, 0.05) is 42.2 Å². The van der Waals surface area contributed by atoms with Crippen molar-refractivity contribution in [3.05, 3.63) is 142 Å². The highest BCUT2D eigenvalue weighted by Gasteiger charge is 2.53. The number of carbonyl (C=O) groups excluding carboxylic acids is 1. The maximum Gasteiger partial charge on any atom is 0.252 e. The molecule has 2 atom stereocenters. The second-order valence-corrected chi connectivity index (χ2v) is 10.0. The number of halogens is 1. The van der Waals surface area contributed by atoms with Crippen LogP contribution in [0.2, 0.25) is 0 Å². The van der Waals surface area contributed by atoms with Gasteiger partial charge in [-0.25, -0.2) is 9.38 Å². The van der Waals surface area contributed by atoms with Crippen molar-refractivity contribution in [1.29, 1.82) is 0 Å². The molecule has 4 aromatic rings. The Hall–Kier alpha value is -5.18. The van der Waals surface area contributed by atoms with Crippen molar-refractivity contribution in [1.82, 2.24) is 5.32 Å². The first-order chi connectivity index (χ1) is 21.0. The maximum absolute atomic E-state index is 14.3. The number of ether oxygens (including phenoxy) is 2. The Bertz CT molecular complexity index is 1640. The lowest BCUT2D eigenvalue weighted by atomic mass is 9.81. The van der Waals surface area contributed by atoms with Crippen LogP contribution in [0.5, 0.6) is 5.75 Å². The summed E-state index contributed by atoms with van der Waals surface area (Å²) in [6.45, 7) is 0.487. The molecule has 2 N–H and O–H groups in total. The average Bonchev–Trinajstić information content (AvgIpc) is 3.42. The van der Waals surface area contributed by atoms with Crippen LogP contribution >= 0.6 is 0 Å². The summed E-state index contributed by atoms with van der Waals surface area (Å²) in [5.74, 6) is 0.0521. The summed E-state index contributed by atoms with van der Waals surface area (Å²) in [4.78, 5) is 22.3. The monoisotopic (exact) mass is 579 g/mol. The zero-order valence-electron chi connectivity index (χ0n) is 23.3. The number of nitrogens with zero attached hydrogens (tertiary/aromatic N) is 4. The van der Waals surface area contributed by atoms with Crippen LogP contribution in [0.4, 0.5) is 10.1 Å². The van der Waals surface area contributed by atoms with Gasteiger partial charge in [-0.1, -0.05) is 71.8 Å². The van der Waals surface area contributed by atoms with Gasteiger partial charge in [0.15, 0.2) is 11.6 Å². The predicted molar refractivity (Wildman–Crippen MR) is 160 cm³/mol. The average molecular weight is 580 g/mol. The van der Waals surface area contributed by atoms with Gasteiger partial charge in [0.05, 0.1) is 6.61 Å². The summed E-state index contributed by atoms with van der Waals surface area (Å²) in [6.07, 6.45) is -0.264. The summed E-state index contributed by atoms with van der Waals surface area (Å²) in [7, 11) is 0. The van der Waals surface area contributed by atoms with Crippen LogP contribution in [0.25, 0.3) is 10.4 Å². The molecule has 10 heteroatoms. The first kappa shape index (κ1) is 29.3. The van der Waals surface area contributed by atoms with Crippen molar-refractivity contribution in [3.8, 4) is 5.75 Å². The largest absolute Gasteiger partial charge is 0.494 e. The van der Waals surface area contributed by atoms with E-state index < -0.39 is 23.4 Å². The molecular formula is C33H30FN5O4. The van der Waals surface area contributed by atoms with E-state index in [1.54, 1.807) is 60.7 Å². The molecule has 43 heavy (non-hydrogen) atoms. The second kappa shape index (κ2) is 13.7. The Kier molecular flexibility index (Phi) is 9.31. The molecule has 1 amide bonds. The lowest BCUT2D eigenvalue weighted by molar-refractivity contribution is -0.129. The zero-order chi connectivity index (χ0) is 30.1. The van der Waals surface area contributed by atoms with Crippen molar-refractivity contribution in [2.75, 3.05) is 13.2 Å². The van der Waals surface area contributed by atoms with E-state index in [1.807, 2.05) is 30.3 Å². The molecule has 0 spiro atoms. The van der Waals surface area contributed by atoms with Crippen LogP contribution in [-0.4, -0.2) is 35.7 Å². The fourth-order valence-electron chi connectivity index (χ4n) is 4.99. The number of hydrogen-bond acceptors (Lipinski definition) is 6. The number of nitrogens with one attached hydrogen (secondary N) is 1. The van der Waals surface area contributed by atoms with Crippen LogP contribution in [-0.2, 0) is 22.5 Å². The van der Waals surface area contributed by atoms with Gasteiger partial charge in [-0.2, -0.15) is 0 Å². The van der Waals surface area contributed by atoms with E-state index in [2.05, 4.69) is 15.3 Å². The van der Waals surface area contributed by atoms with Gasteiger partial charge >= 0.3 is 0 Å². The van der Waals surface area contributed by atoms with E-state index >= 15 is 0 Å². The Balaban J connectivity index is 1.58. The molecule has 218 valence electrons. The third-order valence-corrected chi connectivity index (χ3v) is 7.08. The summed E-state index contributed by atoms with van der Waals surface area (Å²) in [5, 5.41) is 15.8. The SMILES string of the molecule is [N-]=[N+]=Nc1ccccc1C[C@@]1(C(=O)NCc2cccc(F)c2)N=C(c2ccc(OCCCO)cc2)O[C@@H]1c1ccccc1. The molecule has 0 bridgehead atoms. The zero-order valence-corrected chi connectivity index (χ0v) is 23.3. The minimum absolute atomic E-state index is 0.0375. The van der Waals surface area contributed by atoms with E-state index in [-0.39, 0.29) is 25.5 Å². The molecule has 0 aromatic heterocycles. The number of carbonyl (C=O) groups is 1. The van der Waals surface area contributed by atoms with E-state index in [0.29, 0.717) is 41.2 Å². The quantitative estimate of drug-likeness (QED) is 0.0878. The standard InChI is InChI=1S/C33H30FN5O4/c34-27-12-6-8-23(20-27)22-36-32(41)33(21-26-11-4-5-13-29(26)38-39-35)30(24-9-2-1-3-10-24)43-31(37-33)25-14-16-28(17-15-25)42-19-7-18-40/h1-6,8-17,20,30,40H,7,18-19,21-22H2,(H,36,41)/t30-,33-/m1/s1. The number of azide groups is 1. The van der Waals surface area contributed by atoms with E-state index in [4.69, 9.17) is 19.6 Å². The number of hydrogen-bond donors (Lipinski definition) is 2. The molecule has 9 nitrogen and oxygen atoms in total. The maximum atomic E-state index is 14.3. The lowest BCUT2D eigenvalue weighted by Crippen LogP contribution is -2.49. The Labute approximate surface area is 248 Å². The highest BCUT2D eigenvalue weighted by Crippen LogP contribution is 2.43. The molecule has 0 radical (unpaired) electrons. The number of aliphatic hydroxyl groups is 1. The Morgan fingerprint density at radius 1 is 1.05 bits per heavy atom. The van der Waals surface area contributed by atoms with Gasteiger partial charge in [-0.05, 0) is 58.6 Å². The molecule has 1 aliphatic rings. The highest BCUT2D eigenvalue weighted by atomic mass is 19.1. The molecule has 0 aliphatic carbocycles. The number of benzene rings is 4. The molecule has 0 fully saturated rings. The smallest absolute Gasteiger partial charge is 0.252 e. The summed E-state index contributed by atoms with van der Waals surface area (Å²) in [5.41, 5.74) is 10.6. The van der Waals surface area contributed by atoms with Gasteiger partial charge in [0.25, 0.3) is 5.91 Å². The Morgan fingerprint density at radius 2 is 1.81 bits per heavy atom. The fraction of sp³-hybridized carbons (Fsp3) is 0.212. The van der Waals surface area contributed by atoms with Crippen molar-refractivity contribution >= 4 is 17.5 Å². The first-order valence-corrected chi connectivity index (χ1v) is 13.8. The summed E-state index contributed by atoms with van der Waals surface area (Å²) < 4.78 is 26.1. The van der Waals surface area contributed by atoms with Crippen LogP contribution < -0.4 is 10.1 Å². The Morgan fingerprint density at radius 3 is 2.56 bits per heavy atom. The molecule has 1 heterocycles. The number of aliphatic imine (C=N–C) groups is 1.